The summed E-state index contributed by atoms with van der Waals surface area (Å²) in [6.45, 7) is 4.41. The minimum Gasteiger partial charge on any atom is -0.507 e. The first-order valence-electron chi connectivity index (χ1n) is 10.8. The van der Waals surface area contributed by atoms with Gasteiger partial charge in [-0.25, -0.2) is 4.39 Å². The standard InChI is InChI=1S/C27H24FNO4/c1-3-16-33-21-14-10-19(11-15-21)25(30)23-24(18-8-12-20(28)13-9-18)29(27(32)26(23)31)22-7-5-4-6-17(22)2/h4-15,24,30H,3,16H2,1-2H3/b25-23+. The highest BCUT2D eigenvalue weighted by Crippen LogP contribution is 2.43. The largest absolute Gasteiger partial charge is 0.507 e. The zero-order valence-corrected chi connectivity index (χ0v) is 18.4. The van der Waals surface area contributed by atoms with Gasteiger partial charge in [0.15, 0.2) is 0 Å². The number of carbonyl (C=O) groups excluding carboxylic acids is 2. The molecule has 5 nitrogen and oxygen atoms in total. The molecule has 0 aromatic heterocycles. The Balaban J connectivity index is 1.86. The highest BCUT2D eigenvalue weighted by atomic mass is 19.1. The predicted octanol–water partition coefficient (Wildman–Crippen LogP) is 5.55. The first-order valence-corrected chi connectivity index (χ1v) is 10.8. The van der Waals surface area contributed by atoms with Crippen LogP contribution in [0, 0.1) is 12.7 Å². The van der Waals surface area contributed by atoms with E-state index in [2.05, 4.69) is 0 Å². The van der Waals surface area contributed by atoms with E-state index in [1.165, 1.54) is 29.2 Å². The van der Waals surface area contributed by atoms with Crippen LogP contribution in [0.4, 0.5) is 10.1 Å². The fraction of sp³-hybridized carbons (Fsp3) is 0.185. The van der Waals surface area contributed by atoms with Crippen LogP contribution in [0.5, 0.6) is 5.75 Å². The topological polar surface area (TPSA) is 66.8 Å². The summed E-state index contributed by atoms with van der Waals surface area (Å²) in [4.78, 5) is 27.7. The van der Waals surface area contributed by atoms with Gasteiger partial charge in [-0.1, -0.05) is 37.3 Å². The molecular formula is C27H24FNO4. The maximum atomic E-state index is 13.6. The van der Waals surface area contributed by atoms with Crippen LogP contribution in [0.15, 0.2) is 78.4 Å². The van der Waals surface area contributed by atoms with E-state index >= 15 is 0 Å². The zero-order chi connectivity index (χ0) is 23.5. The fourth-order valence-corrected chi connectivity index (χ4v) is 3.96. The molecule has 6 heteroatoms. The number of nitrogens with zero attached hydrogens (tertiary/aromatic N) is 1. The van der Waals surface area contributed by atoms with E-state index < -0.39 is 23.5 Å². The Morgan fingerprint density at radius 2 is 1.67 bits per heavy atom. The Morgan fingerprint density at radius 3 is 2.30 bits per heavy atom. The lowest BCUT2D eigenvalue weighted by molar-refractivity contribution is -0.132. The van der Waals surface area contributed by atoms with Gasteiger partial charge in [-0.3, -0.25) is 14.5 Å². The molecule has 0 saturated carbocycles. The van der Waals surface area contributed by atoms with Crippen molar-refractivity contribution in [2.45, 2.75) is 26.3 Å². The number of aryl methyl sites for hydroxylation is 1. The van der Waals surface area contributed by atoms with E-state index in [1.807, 2.05) is 26.0 Å². The fourth-order valence-electron chi connectivity index (χ4n) is 3.96. The quantitative estimate of drug-likeness (QED) is 0.307. The Morgan fingerprint density at radius 1 is 1.00 bits per heavy atom. The van der Waals surface area contributed by atoms with Crippen LogP contribution < -0.4 is 9.64 Å². The highest BCUT2D eigenvalue weighted by Gasteiger charge is 2.47. The van der Waals surface area contributed by atoms with Crippen molar-refractivity contribution in [3.8, 4) is 5.75 Å². The Labute approximate surface area is 191 Å². The molecule has 0 radical (unpaired) electrons. The van der Waals surface area contributed by atoms with Crippen LogP contribution in [-0.2, 0) is 9.59 Å². The van der Waals surface area contributed by atoms with Crippen molar-refractivity contribution in [1.82, 2.24) is 0 Å². The molecule has 1 heterocycles. The molecule has 3 aromatic carbocycles. The number of hydrogen-bond donors (Lipinski definition) is 1. The van der Waals surface area contributed by atoms with Crippen molar-refractivity contribution in [3.63, 3.8) is 0 Å². The number of carbonyl (C=O) groups is 2. The number of anilines is 1. The van der Waals surface area contributed by atoms with Gasteiger partial charge < -0.3 is 9.84 Å². The summed E-state index contributed by atoms with van der Waals surface area (Å²) in [6.07, 6.45) is 0.863. The van der Waals surface area contributed by atoms with Crippen molar-refractivity contribution in [1.29, 1.82) is 0 Å². The molecule has 0 bridgehead atoms. The lowest BCUT2D eigenvalue weighted by atomic mass is 9.95. The molecule has 1 saturated heterocycles. The third kappa shape index (κ3) is 4.24. The molecule has 1 aliphatic rings. The Kier molecular flexibility index (Phi) is 6.27. The van der Waals surface area contributed by atoms with Crippen LogP contribution in [0.25, 0.3) is 5.76 Å². The molecule has 1 unspecified atom stereocenters. The van der Waals surface area contributed by atoms with Gasteiger partial charge >= 0.3 is 0 Å². The molecule has 0 spiro atoms. The summed E-state index contributed by atoms with van der Waals surface area (Å²) in [5.41, 5.74) is 2.20. The molecule has 1 fully saturated rings. The number of amides is 1. The minimum atomic E-state index is -0.900. The maximum Gasteiger partial charge on any atom is 0.300 e. The van der Waals surface area contributed by atoms with Crippen LogP contribution >= 0.6 is 0 Å². The number of halogens is 1. The van der Waals surface area contributed by atoms with Crippen molar-refractivity contribution >= 4 is 23.1 Å². The van der Waals surface area contributed by atoms with E-state index in [4.69, 9.17) is 4.74 Å². The second-order valence-electron chi connectivity index (χ2n) is 7.88. The summed E-state index contributed by atoms with van der Waals surface area (Å²) < 4.78 is 19.2. The number of Topliss-reactive ketones (excluding diaryl/α,β-unsaturated/α-hetero) is 1. The van der Waals surface area contributed by atoms with Crippen LogP contribution in [0.1, 0.15) is 36.1 Å². The van der Waals surface area contributed by atoms with Gasteiger partial charge in [0.2, 0.25) is 0 Å². The average molecular weight is 445 g/mol. The lowest BCUT2D eigenvalue weighted by Crippen LogP contribution is -2.30. The van der Waals surface area contributed by atoms with E-state index in [1.54, 1.807) is 36.4 Å². The van der Waals surface area contributed by atoms with Gasteiger partial charge in [0.05, 0.1) is 18.2 Å². The smallest absolute Gasteiger partial charge is 0.300 e. The van der Waals surface area contributed by atoms with Crippen molar-refractivity contribution in [2.24, 2.45) is 0 Å². The third-order valence-corrected chi connectivity index (χ3v) is 5.61. The molecule has 168 valence electrons. The molecule has 1 N–H and O–H groups in total. The number of hydrogen-bond acceptors (Lipinski definition) is 4. The van der Waals surface area contributed by atoms with Gasteiger partial charge in [-0.05, 0) is 66.9 Å². The van der Waals surface area contributed by atoms with Crippen LogP contribution in [0.3, 0.4) is 0 Å². The highest BCUT2D eigenvalue weighted by molar-refractivity contribution is 6.51. The van der Waals surface area contributed by atoms with Crippen molar-refractivity contribution in [2.75, 3.05) is 11.5 Å². The number of aliphatic hydroxyl groups excluding tert-OH is 1. The molecular weight excluding hydrogens is 421 g/mol. The maximum absolute atomic E-state index is 13.6. The van der Waals surface area contributed by atoms with Crippen molar-refractivity contribution < 1.29 is 23.8 Å². The lowest BCUT2D eigenvalue weighted by Gasteiger charge is -2.26. The number of para-hydroxylation sites is 1. The predicted molar refractivity (Wildman–Crippen MR) is 125 cm³/mol. The molecule has 0 aliphatic carbocycles. The minimum absolute atomic E-state index is 0.0444. The average Bonchev–Trinajstić information content (AvgIpc) is 3.09. The van der Waals surface area contributed by atoms with Crippen LogP contribution in [0.2, 0.25) is 0 Å². The number of aliphatic hydroxyl groups is 1. The number of ether oxygens (including phenoxy) is 1. The zero-order valence-electron chi connectivity index (χ0n) is 18.4. The number of ketones is 1. The third-order valence-electron chi connectivity index (χ3n) is 5.61. The first kappa shape index (κ1) is 22.3. The second kappa shape index (κ2) is 9.28. The monoisotopic (exact) mass is 445 g/mol. The molecule has 1 amide bonds. The second-order valence-corrected chi connectivity index (χ2v) is 7.88. The van der Waals surface area contributed by atoms with Gasteiger partial charge in [0, 0.05) is 11.3 Å². The van der Waals surface area contributed by atoms with Gasteiger partial charge in [-0.2, -0.15) is 0 Å². The van der Waals surface area contributed by atoms with Gasteiger partial charge in [0.1, 0.15) is 17.3 Å². The number of rotatable bonds is 6. The summed E-state index contributed by atoms with van der Waals surface area (Å²) in [5.74, 6) is -1.63. The summed E-state index contributed by atoms with van der Waals surface area (Å²) in [7, 11) is 0. The van der Waals surface area contributed by atoms with Crippen LogP contribution in [-0.4, -0.2) is 23.4 Å². The van der Waals surface area contributed by atoms with Crippen molar-refractivity contribution in [3.05, 3.63) is 101 Å². The number of benzene rings is 3. The normalized spacial score (nSPS) is 17.4. The summed E-state index contributed by atoms with van der Waals surface area (Å²) in [5, 5.41) is 11.2. The first-order chi connectivity index (χ1) is 15.9. The van der Waals surface area contributed by atoms with E-state index in [0.717, 1.165) is 12.0 Å². The Bertz CT molecular complexity index is 1220. The SMILES string of the molecule is CCCOc1ccc(/C(O)=C2\C(=O)C(=O)N(c3ccccc3C)C2c2ccc(F)cc2)cc1. The van der Waals surface area contributed by atoms with E-state index in [0.29, 0.717) is 29.2 Å². The van der Waals surface area contributed by atoms with E-state index in [9.17, 15) is 19.1 Å². The molecule has 1 atom stereocenters. The summed E-state index contributed by atoms with van der Waals surface area (Å²) in [6, 6.07) is 18.6. The molecule has 1 aliphatic heterocycles. The van der Waals surface area contributed by atoms with E-state index in [-0.39, 0.29) is 11.3 Å². The van der Waals surface area contributed by atoms with Gasteiger partial charge in [0.25, 0.3) is 11.7 Å². The Hall–Kier alpha value is -3.93. The molecule has 3 aromatic rings. The molecule has 33 heavy (non-hydrogen) atoms. The summed E-state index contributed by atoms with van der Waals surface area (Å²) >= 11 is 0. The van der Waals surface area contributed by atoms with Gasteiger partial charge in [-0.15, -0.1) is 0 Å². The molecule has 4 rings (SSSR count).